The van der Waals surface area contributed by atoms with Crippen LogP contribution < -0.4 is 5.73 Å². The molecule has 5 nitrogen and oxygen atoms in total. The number of carbonyl (C=O) groups excluding carboxylic acids is 1. The van der Waals surface area contributed by atoms with E-state index >= 15 is 0 Å². The summed E-state index contributed by atoms with van der Waals surface area (Å²) in [6.45, 7) is 3.74. The van der Waals surface area contributed by atoms with Crippen molar-refractivity contribution in [2.45, 2.75) is 13.8 Å². The molecular formula is C8H11N3O2. The first-order chi connectivity index (χ1) is 6.15. The number of nitrogens with two attached hydrogens (primary N) is 1. The molecule has 0 unspecified atom stereocenters. The zero-order chi connectivity index (χ0) is 9.84. The fourth-order valence-corrected chi connectivity index (χ4v) is 0.770. The van der Waals surface area contributed by atoms with Gasteiger partial charge in [0, 0.05) is 0 Å². The smallest absolute Gasteiger partial charge is 0.376 e. The minimum absolute atomic E-state index is 0.0496. The van der Waals surface area contributed by atoms with E-state index in [-0.39, 0.29) is 5.82 Å². The first kappa shape index (κ1) is 9.44. The van der Waals surface area contributed by atoms with Gasteiger partial charge in [-0.15, -0.1) is 0 Å². The molecule has 2 N–H and O–H groups in total. The van der Waals surface area contributed by atoms with Crippen LogP contribution in [0.3, 0.4) is 0 Å². The number of aromatic nitrogens is 2. The summed E-state index contributed by atoms with van der Waals surface area (Å²) < 4.78 is 4.72. The molecule has 1 aromatic heterocycles. The minimum atomic E-state index is -0.523. The third-order valence-corrected chi connectivity index (χ3v) is 1.48. The molecule has 0 fully saturated rings. The number of hydrogen-bond donors (Lipinski definition) is 1. The molecular weight excluding hydrogens is 170 g/mol. The minimum Gasteiger partial charge on any atom is -0.460 e. The monoisotopic (exact) mass is 181 g/mol. The summed E-state index contributed by atoms with van der Waals surface area (Å²) in [5.74, 6) is -0.473. The molecule has 13 heavy (non-hydrogen) atoms. The van der Waals surface area contributed by atoms with Crippen molar-refractivity contribution in [3.05, 3.63) is 17.7 Å². The third-order valence-electron chi connectivity index (χ3n) is 1.48. The zero-order valence-corrected chi connectivity index (χ0v) is 7.57. The summed E-state index contributed by atoms with van der Waals surface area (Å²) in [6.07, 6.45) is 1.40. The molecule has 0 atom stereocenters. The number of hydrogen-bond acceptors (Lipinski definition) is 5. The Morgan fingerprint density at radius 2 is 2.38 bits per heavy atom. The molecule has 1 heterocycles. The highest BCUT2D eigenvalue weighted by atomic mass is 16.5. The van der Waals surface area contributed by atoms with E-state index in [2.05, 4.69) is 9.97 Å². The van der Waals surface area contributed by atoms with Gasteiger partial charge in [-0.2, -0.15) is 0 Å². The van der Waals surface area contributed by atoms with Gasteiger partial charge in [-0.25, -0.2) is 14.8 Å². The van der Waals surface area contributed by atoms with E-state index < -0.39 is 5.97 Å². The second kappa shape index (κ2) is 3.84. The van der Waals surface area contributed by atoms with E-state index in [9.17, 15) is 4.79 Å². The summed E-state index contributed by atoms with van der Waals surface area (Å²) in [4.78, 5) is 18.7. The predicted molar refractivity (Wildman–Crippen MR) is 47.1 cm³/mol. The Kier molecular flexibility index (Phi) is 2.79. The van der Waals surface area contributed by atoms with Gasteiger partial charge in [0.25, 0.3) is 0 Å². The van der Waals surface area contributed by atoms with E-state index in [1.807, 2.05) is 0 Å². The quantitative estimate of drug-likeness (QED) is 0.674. The Hall–Kier alpha value is -1.65. The van der Waals surface area contributed by atoms with E-state index in [0.717, 1.165) is 0 Å². The molecule has 1 rings (SSSR count). The number of rotatable bonds is 2. The number of esters is 1. The zero-order valence-electron chi connectivity index (χ0n) is 7.57. The van der Waals surface area contributed by atoms with Gasteiger partial charge in [0.1, 0.15) is 0 Å². The van der Waals surface area contributed by atoms with Gasteiger partial charge in [0.2, 0.25) is 5.82 Å². The number of anilines is 1. The fraction of sp³-hybridized carbons (Fsp3) is 0.375. The van der Waals surface area contributed by atoms with Crippen molar-refractivity contribution in [1.29, 1.82) is 0 Å². The summed E-state index contributed by atoms with van der Waals surface area (Å²) in [5.41, 5.74) is 6.53. The van der Waals surface area contributed by atoms with Crippen molar-refractivity contribution < 1.29 is 9.53 Å². The summed E-state index contributed by atoms with van der Waals surface area (Å²) in [7, 11) is 0. The van der Waals surface area contributed by atoms with E-state index in [1.54, 1.807) is 13.8 Å². The molecule has 0 saturated heterocycles. The van der Waals surface area contributed by atoms with Crippen LogP contribution in [0, 0.1) is 6.92 Å². The lowest BCUT2D eigenvalue weighted by Crippen LogP contribution is -2.11. The van der Waals surface area contributed by atoms with Crippen LogP contribution in [0.5, 0.6) is 0 Å². The van der Waals surface area contributed by atoms with Gasteiger partial charge < -0.3 is 10.5 Å². The lowest BCUT2D eigenvalue weighted by molar-refractivity contribution is 0.0511. The topological polar surface area (TPSA) is 78.1 Å². The molecule has 0 aliphatic heterocycles. The fourth-order valence-electron chi connectivity index (χ4n) is 0.770. The standard InChI is InChI=1S/C8H11N3O2/c1-3-13-8(12)7-10-4-6(9)5(2)11-7/h4H,3,9H2,1-2H3. The van der Waals surface area contributed by atoms with Crippen molar-refractivity contribution in [2.75, 3.05) is 12.3 Å². The molecule has 0 saturated carbocycles. The van der Waals surface area contributed by atoms with Crippen molar-refractivity contribution >= 4 is 11.7 Å². The Morgan fingerprint density at radius 1 is 1.69 bits per heavy atom. The normalized spacial score (nSPS) is 9.69. The molecule has 70 valence electrons. The maximum atomic E-state index is 11.1. The molecule has 0 amide bonds. The first-order valence-electron chi connectivity index (χ1n) is 3.91. The second-order valence-corrected chi connectivity index (χ2v) is 2.45. The lowest BCUT2D eigenvalue weighted by atomic mass is 10.4. The Labute approximate surface area is 75.9 Å². The first-order valence-corrected chi connectivity index (χ1v) is 3.91. The van der Waals surface area contributed by atoms with Crippen LogP contribution >= 0.6 is 0 Å². The summed E-state index contributed by atoms with van der Waals surface area (Å²) in [6, 6.07) is 0. The van der Waals surface area contributed by atoms with Crippen molar-refractivity contribution in [1.82, 2.24) is 9.97 Å². The van der Waals surface area contributed by atoms with Gasteiger partial charge >= 0.3 is 5.97 Å². The van der Waals surface area contributed by atoms with Crippen LogP contribution in [0.1, 0.15) is 23.2 Å². The molecule has 0 radical (unpaired) electrons. The SMILES string of the molecule is CCOC(=O)c1ncc(N)c(C)n1. The number of nitrogen functional groups attached to an aromatic ring is 1. The van der Waals surface area contributed by atoms with Crippen LogP contribution in [0.4, 0.5) is 5.69 Å². The van der Waals surface area contributed by atoms with Crippen LogP contribution in [-0.4, -0.2) is 22.5 Å². The number of ether oxygens (including phenoxy) is 1. The van der Waals surface area contributed by atoms with Gasteiger partial charge in [-0.3, -0.25) is 0 Å². The molecule has 1 aromatic rings. The van der Waals surface area contributed by atoms with Crippen LogP contribution in [0.25, 0.3) is 0 Å². The average molecular weight is 181 g/mol. The Balaban J connectivity index is 2.90. The highest BCUT2D eigenvalue weighted by Crippen LogP contribution is 2.05. The van der Waals surface area contributed by atoms with Crippen LogP contribution in [0.15, 0.2) is 6.20 Å². The maximum Gasteiger partial charge on any atom is 0.376 e. The summed E-state index contributed by atoms with van der Waals surface area (Å²) >= 11 is 0. The number of aryl methyl sites for hydroxylation is 1. The van der Waals surface area contributed by atoms with E-state index in [0.29, 0.717) is 18.0 Å². The van der Waals surface area contributed by atoms with Crippen LogP contribution in [-0.2, 0) is 4.74 Å². The van der Waals surface area contributed by atoms with Crippen molar-refractivity contribution in [2.24, 2.45) is 0 Å². The van der Waals surface area contributed by atoms with Gasteiger partial charge in [-0.1, -0.05) is 0 Å². The van der Waals surface area contributed by atoms with E-state index in [4.69, 9.17) is 10.5 Å². The number of carbonyl (C=O) groups is 1. The number of nitrogens with zero attached hydrogens (tertiary/aromatic N) is 2. The Bertz CT molecular complexity index is 325. The van der Waals surface area contributed by atoms with E-state index in [1.165, 1.54) is 6.20 Å². The average Bonchev–Trinajstić information content (AvgIpc) is 2.10. The van der Waals surface area contributed by atoms with Gasteiger partial charge in [-0.05, 0) is 13.8 Å². The lowest BCUT2D eigenvalue weighted by Gasteiger charge is -2.02. The highest BCUT2D eigenvalue weighted by Gasteiger charge is 2.10. The maximum absolute atomic E-state index is 11.1. The molecule has 5 heteroatoms. The highest BCUT2D eigenvalue weighted by molar-refractivity contribution is 5.85. The van der Waals surface area contributed by atoms with Crippen molar-refractivity contribution in [3.63, 3.8) is 0 Å². The van der Waals surface area contributed by atoms with Crippen LogP contribution in [0.2, 0.25) is 0 Å². The molecule has 0 bridgehead atoms. The van der Waals surface area contributed by atoms with Gasteiger partial charge in [0.05, 0.1) is 24.2 Å². The molecule has 0 aliphatic rings. The van der Waals surface area contributed by atoms with Crippen molar-refractivity contribution in [3.8, 4) is 0 Å². The Morgan fingerprint density at radius 3 is 2.92 bits per heavy atom. The molecule has 0 aromatic carbocycles. The largest absolute Gasteiger partial charge is 0.460 e. The molecule has 0 aliphatic carbocycles. The molecule has 0 spiro atoms. The second-order valence-electron chi connectivity index (χ2n) is 2.45. The van der Waals surface area contributed by atoms with Gasteiger partial charge in [0.15, 0.2) is 0 Å². The predicted octanol–water partition coefficient (Wildman–Crippen LogP) is 0.544. The third kappa shape index (κ3) is 2.14. The summed E-state index contributed by atoms with van der Waals surface area (Å²) in [5, 5.41) is 0.